The minimum Gasteiger partial charge on any atom is -0.386 e. The molecule has 1 N–H and O–H groups in total. The van der Waals surface area contributed by atoms with Gasteiger partial charge in [-0.25, -0.2) is 4.39 Å². The molecule has 2 rings (SSSR count). The Bertz CT molecular complexity index is 479. The van der Waals surface area contributed by atoms with Gasteiger partial charge in [0.1, 0.15) is 5.60 Å². The number of alkyl halides is 1. The summed E-state index contributed by atoms with van der Waals surface area (Å²) in [5.41, 5.74) is -2.52. The van der Waals surface area contributed by atoms with Crippen LogP contribution in [0.15, 0.2) is 30.3 Å². The van der Waals surface area contributed by atoms with Crippen LogP contribution >= 0.6 is 0 Å². The molecule has 0 saturated heterocycles. The highest BCUT2D eigenvalue weighted by molar-refractivity contribution is 5.89. The van der Waals surface area contributed by atoms with E-state index in [0.717, 1.165) is 24.8 Å². The van der Waals surface area contributed by atoms with Gasteiger partial charge in [-0.3, -0.25) is 4.79 Å². The Kier molecular flexibility index (Phi) is 5.74. The summed E-state index contributed by atoms with van der Waals surface area (Å²) in [6.45, 7) is 1.87. The van der Waals surface area contributed by atoms with Gasteiger partial charge in [-0.1, -0.05) is 62.9 Å². The first kappa shape index (κ1) is 17.1. The fraction of sp³-hybridized carbons (Fsp3) is 0.632. The fourth-order valence-electron chi connectivity index (χ4n) is 3.61. The fourth-order valence-corrected chi connectivity index (χ4v) is 3.61. The lowest BCUT2D eigenvalue weighted by Crippen LogP contribution is -2.57. The van der Waals surface area contributed by atoms with E-state index < -0.39 is 17.1 Å². The van der Waals surface area contributed by atoms with Crippen LogP contribution in [0.4, 0.5) is 4.39 Å². The van der Waals surface area contributed by atoms with Gasteiger partial charge in [0, 0.05) is 6.42 Å². The molecule has 1 aromatic carbocycles. The third kappa shape index (κ3) is 3.57. The van der Waals surface area contributed by atoms with E-state index in [2.05, 4.69) is 0 Å². The number of carbonyl (C=O) groups excluding carboxylic acids is 1. The number of hydrogen-bond acceptors (Lipinski definition) is 2. The van der Waals surface area contributed by atoms with Crippen molar-refractivity contribution in [1.82, 2.24) is 0 Å². The molecule has 1 aliphatic carbocycles. The highest BCUT2D eigenvalue weighted by atomic mass is 19.1. The van der Waals surface area contributed by atoms with E-state index in [4.69, 9.17) is 0 Å². The van der Waals surface area contributed by atoms with Crippen LogP contribution in [0.25, 0.3) is 0 Å². The number of hydrogen-bond donors (Lipinski definition) is 1. The second-order valence-corrected chi connectivity index (χ2v) is 6.55. The first-order valence-corrected chi connectivity index (χ1v) is 8.50. The molecule has 3 heteroatoms. The molecule has 2 nitrogen and oxygen atoms in total. The molecule has 0 aliphatic heterocycles. The standard InChI is InChI=1S/C19H27FO2/c1-2-13-19(20,18(22)14-7-4-8-15-18)17(21)12-11-16-9-5-3-6-10-16/h3,5-6,9-10,22H,2,4,7-8,11-15H2,1H3. The highest BCUT2D eigenvalue weighted by Gasteiger charge is 2.55. The third-order valence-corrected chi connectivity index (χ3v) is 4.94. The van der Waals surface area contributed by atoms with Gasteiger partial charge in [-0.2, -0.15) is 0 Å². The van der Waals surface area contributed by atoms with Crippen LogP contribution in [-0.2, 0) is 11.2 Å². The van der Waals surface area contributed by atoms with Gasteiger partial charge < -0.3 is 5.11 Å². The summed E-state index contributed by atoms with van der Waals surface area (Å²) in [6, 6.07) is 9.66. The van der Waals surface area contributed by atoms with Gasteiger partial charge in [-0.05, 0) is 31.2 Å². The molecule has 0 bridgehead atoms. The molecule has 1 aromatic rings. The Labute approximate surface area is 132 Å². The molecule has 0 heterocycles. The number of halogens is 1. The lowest BCUT2D eigenvalue weighted by molar-refractivity contribution is -0.162. The molecule has 0 spiro atoms. The number of aliphatic hydroxyl groups is 1. The first-order valence-electron chi connectivity index (χ1n) is 8.50. The van der Waals surface area contributed by atoms with Crippen LogP contribution in [0.5, 0.6) is 0 Å². The molecule has 1 fully saturated rings. The van der Waals surface area contributed by atoms with Crippen LogP contribution in [0.1, 0.15) is 63.9 Å². The number of carbonyl (C=O) groups is 1. The maximum Gasteiger partial charge on any atom is 0.197 e. The highest BCUT2D eigenvalue weighted by Crippen LogP contribution is 2.43. The Morgan fingerprint density at radius 1 is 1.23 bits per heavy atom. The van der Waals surface area contributed by atoms with E-state index in [0.29, 0.717) is 25.7 Å². The van der Waals surface area contributed by atoms with Crippen LogP contribution < -0.4 is 0 Å². The topological polar surface area (TPSA) is 37.3 Å². The van der Waals surface area contributed by atoms with Gasteiger partial charge >= 0.3 is 0 Å². The van der Waals surface area contributed by atoms with Gasteiger partial charge in [0.2, 0.25) is 0 Å². The average Bonchev–Trinajstić information content (AvgIpc) is 2.54. The van der Waals surface area contributed by atoms with Crippen LogP contribution in [0.2, 0.25) is 0 Å². The normalized spacial score (nSPS) is 20.3. The second-order valence-electron chi connectivity index (χ2n) is 6.55. The summed E-state index contributed by atoms with van der Waals surface area (Å²) in [5, 5.41) is 10.8. The van der Waals surface area contributed by atoms with Gasteiger partial charge in [0.15, 0.2) is 11.5 Å². The molecule has 122 valence electrons. The van der Waals surface area contributed by atoms with Gasteiger partial charge in [0.05, 0.1) is 0 Å². The lowest BCUT2D eigenvalue weighted by atomic mass is 9.69. The van der Waals surface area contributed by atoms with E-state index in [1.807, 2.05) is 37.3 Å². The monoisotopic (exact) mass is 306 g/mol. The summed E-state index contributed by atoms with van der Waals surface area (Å²) in [5.74, 6) is -0.428. The second kappa shape index (κ2) is 7.36. The molecule has 1 unspecified atom stereocenters. The minimum absolute atomic E-state index is 0.122. The zero-order valence-electron chi connectivity index (χ0n) is 13.5. The zero-order chi connectivity index (χ0) is 16.1. The number of aryl methyl sites for hydroxylation is 1. The van der Waals surface area contributed by atoms with Gasteiger partial charge in [0.25, 0.3) is 0 Å². The van der Waals surface area contributed by atoms with Crippen molar-refractivity contribution in [2.24, 2.45) is 0 Å². The summed E-state index contributed by atoms with van der Waals surface area (Å²) in [7, 11) is 0. The largest absolute Gasteiger partial charge is 0.386 e. The van der Waals surface area contributed by atoms with E-state index in [1.165, 1.54) is 0 Å². The average molecular weight is 306 g/mol. The predicted molar refractivity (Wildman–Crippen MR) is 86.6 cm³/mol. The SMILES string of the molecule is CCCC(F)(C(=O)CCc1ccccc1)C1(O)CCCCC1. The molecule has 0 amide bonds. The minimum atomic E-state index is -2.09. The van der Waals surface area contributed by atoms with Crippen molar-refractivity contribution in [2.45, 2.75) is 76.0 Å². The van der Waals surface area contributed by atoms with E-state index >= 15 is 4.39 Å². The Hall–Kier alpha value is -1.22. The van der Waals surface area contributed by atoms with Crippen LogP contribution in [0, 0.1) is 0 Å². The zero-order valence-corrected chi connectivity index (χ0v) is 13.5. The summed E-state index contributed by atoms with van der Waals surface area (Å²) in [6.07, 6.45) is 4.81. The van der Waals surface area contributed by atoms with Crippen molar-refractivity contribution in [3.8, 4) is 0 Å². The van der Waals surface area contributed by atoms with Crippen LogP contribution in [-0.4, -0.2) is 22.2 Å². The number of ketones is 1. The maximum absolute atomic E-state index is 15.6. The van der Waals surface area contributed by atoms with Crippen molar-refractivity contribution in [3.63, 3.8) is 0 Å². The number of Topliss-reactive ketones (excluding diaryl/α,β-unsaturated/α-hetero) is 1. The van der Waals surface area contributed by atoms with E-state index in [-0.39, 0.29) is 12.8 Å². The van der Waals surface area contributed by atoms with Crippen molar-refractivity contribution < 1.29 is 14.3 Å². The molecule has 1 saturated carbocycles. The van der Waals surface area contributed by atoms with Crippen molar-refractivity contribution >= 4 is 5.78 Å². The van der Waals surface area contributed by atoms with Gasteiger partial charge in [-0.15, -0.1) is 0 Å². The van der Waals surface area contributed by atoms with Crippen molar-refractivity contribution in [1.29, 1.82) is 0 Å². The molecule has 22 heavy (non-hydrogen) atoms. The van der Waals surface area contributed by atoms with Crippen molar-refractivity contribution in [2.75, 3.05) is 0 Å². The molecular formula is C19H27FO2. The molecule has 1 atom stereocenters. The first-order chi connectivity index (χ1) is 10.5. The molecular weight excluding hydrogens is 279 g/mol. The Balaban J connectivity index is 2.10. The number of rotatable bonds is 7. The molecule has 1 aliphatic rings. The van der Waals surface area contributed by atoms with Crippen molar-refractivity contribution in [3.05, 3.63) is 35.9 Å². The Morgan fingerprint density at radius 2 is 1.86 bits per heavy atom. The summed E-state index contributed by atoms with van der Waals surface area (Å²) < 4.78 is 15.6. The smallest absolute Gasteiger partial charge is 0.197 e. The summed E-state index contributed by atoms with van der Waals surface area (Å²) in [4.78, 5) is 12.6. The van der Waals surface area contributed by atoms with E-state index in [1.54, 1.807) is 0 Å². The van der Waals surface area contributed by atoms with Crippen LogP contribution in [0.3, 0.4) is 0 Å². The number of benzene rings is 1. The van der Waals surface area contributed by atoms with E-state index in [9.17, 15) is 9.90 Å². The predicted octanol–water partition coefficient (Wildman–Crippen LogP) is 4.39. The Morgan fingerprint density at radius 3 is 2.45 bits per heavy atom. The molecule has 0 aromatic heterocycles. The quantitative estimate of drug-likeness (QED) is 0.811. The summed E-state index contributed by atoms with van der Waals surface area (Å²) >= 11 is 0. The maximum atomic E-state index is 15.6. The third-order valence-electron chi connectivity index (χ3n) is 4.94. The molecule has 0 radical (unpaired) electrons. The lowest BCUT2D eigenvalue weighted by Gasteiger charge is -2.43.